The highest BCUT2D eigenvalue weighted by Crippen LogP contribution is 2.37. The van der Waals surface area contributed by atoms with Crippen molar-refractivity contribution in [3.8, 4) is 0 Å². The fourth-order valence-corrected chi connectivity index (χ4v) is 5.29. The van der Waals surface area contributed by atoms with Crippen molar-refractivity contribution in [3.05, 3.63) is 70.8 Å². The van der Waals surface area contributed by atoms with Gasteiger partial charge in [-0.1, -0.05) is 89.8 Å². The minimum atomic E-state index is 1.14. The van der Waals surface area contributed by atoms with Gasteiger partial charge in [0.2, 0.25) is 0 Å². The fraction of sp³-hybridized carbons (Fsp3) is 0.400. The summed E-state index contributed by atoms with van der Waals surface area (Å²) in [4.78, 5) is 0. The Kier molecular flexibility index (Phi) is 6.42. The molecule has 0 nitrogen and oxygen atoms in total. The second kappa shape index (κ2) is 9.21. The van der Waals surface area contributed by atoms with Crippen LogP contribution in [-0.2, 0) is 25.7 Å². The van der Waals surface area contributed by atoms with E-state index in [1.165, 1.54) is 70.8 Å². The average molecular weight is 397 g/mol. The number of benzene rings is 4. The molecule has 0 aromatic heterocycles. The molecule has 0 aliphatic heterocycles. The predicted octanol–water partition coefficient (Wildman–Crippen LogP) is 8.96. The average Bonchev–Trinajstić information content (AvgIpc) is 2.76. The Labute approximate surface area is 182 Å². The van der Waals surface area contributed by atoms with Gasteiger partial charge in [0.05, 0.1) is 0 Å². The predicted molar refractivity (Wildman–Crippen MR) is 135 cm³/mol. The third-order valence-electron chi connectivity index (χ3n) is 6.56. The van der Waals surface area contributed by atoms with E-state index in [0.29, 0.717) is 0 Å². The van der Waals surface area contributed by atoms with Crippen LogP contribution < -0.4 is 0 Å². The van der Waals surface area contributed by atoms with Crippen molar-refractivity contribution in [2.45, 2.75) is 79.1 Å². The van der Waals surface area contributed by atoms with E-state index < -0.39 is 0 Å². The Morgan fingerprint density at radius 3 is 1.23 bits per heavy atom. The Hall–Kier alpha value is -2.34. The van der Waals surface area contributed by atoms with E-state index in [1.54, 1.807) is 22.3 Å². The van der Waals surface area contributed by atoms with E-state index in [2.05, 4.69) is 76.2 Å². The molecule has 0 amide bonds. The summed E-state index contributed by atoms with van der Waals surface area (Å²) in [7, 11) is 0. The minimum Gasteiger partial charge on any atom is -0.0651 e. The first-order valence-corrected chi connectivity index (χ1v) is 12.1. The minimum absolute atomic E-state index is 1.14. The van der Waals surface area contributed by atoms with Gasteiger partial charge in [0.15, 0.2) is 0 Å². The van der Waals surface area contributed by atoms with Crippen molar-refractivity contribution < 1.29 is 0 Å². The molecule has 0 spiro atoms. The zero-order valence-corrected chi connectivity index (χ0v) is 19.3. The molecule has 4 aromatic carbocycles. The SMILES string of the molecule is CCCc1cc2cc3c(CCC)c4ccccc4c(CCC)c3cc2cc1CCC. The van der Waals surface area contributed by atoms with Crippen molar-refractivity contribution in [2.75, 3.05) is 0 Å². The van der Waals surface area contributed by atoms with Gasteiger partial charge in [-0.3, -0.25) is 0 Å². The normalized spacial score (nSPS) is 11.7. The fourth-order valence-electron chi connectivity index (χ4n) is 5.29. The molecule has 0 unspecified atom stereocenters. The van der Waals surface area contributed by atoms with Crippen molar-refractivity contribution in [2.24, 2.45) is 0 Å². The molecule has 0 radical (unpaired) electrons. The molecule has 0 bridgehead atoms. The quantitative estimate of drug-likeness (QED) is 0.261. The standard InChI is InChI=1S/C30H36/c1-5-11-21-17-23-19-29-25(13-7-3)27-15-9-10-16-28(27)26(14-8-4)30(29)20-24(23)18-22(21)12-6-2/h9-10,15-20H,5-8,11-14H2,1-4H3. The molecule has 0 aliphatic carbocycles. The zero-order chi connectivity index (χ0) is 21.1. The molecule has 156 valence electrons. The van der Waals surface area contributed by atoms with Gasteiger partial charge in [-0.25, -0.2) is 0 Å². The van der Waals surface area contributed by atoms with Gasteiger partial charge in [-0.2, -0.15) is 0 Å². The van der Waals surface area contributed by atoms with Gasteiger partial charge in [0.25, 0.3) is 0 Å². The summed E-state index contributed by atoms with van der Waals surface area (Å²) in [5.74, 6) is 0. The Balaban J connectivity index is 2.11. The number of hydrogen-bond acceptors (Lipinski definition) is 0. The van der Waals surface area contributed by atoms with Gasteiger partial charge in [0.1, 0.15) is 0 Å². The van der Waals surface area contributed by atoms with Crippen LogP contribution in [-0.4, -0.2) is 0 Å². The van der Waals surface area contributed by atoms with Gasteiger partial charge >= 0.3 is 0 Å². The maximum absolute atomic E-state index is 2.51. The summed E-state index contributed by atoms with van der Waals surface area (Å²) in [5.41, 5.74) is 6.19. The van der Waals surface area contributed by atoms with Crippen LogP contribution in [0, 0.1) is 0 Å². The van der Waals surface area contributed by atoms with E-state index in [1.807, 2.05) is 0 Å². The molecule has 4 rings (SSSR count). The molecule has 0 saturated heterocycles. The third-order valence-corrected chi connectivity index (χ3v) is 6.56. The molecule has 0 fully saturated rings. The summed E-state index contributed by atoms with van der Waals surface area (Å²) >= 11 is 0. The Morgan fingerprint density at radius 1 is 0.467 bits per heavy atom. The van der Waals surface area contributed by atoms with E-state index >= 15 is 0 Å². The second-order valence-corrected chi connectivity index (χ2v) is 8.87. The summed E-state index contributed by atoms with van der Waals surface area (Å²) in [6.07, 6.45) is 9.44. The molecule has 0 N–H and O–H groups in total. The van der Waals surface area contributed by atoms with Crippen LogP contribution in [0.2, 0.25) is 0 Å². The molecule has 0 saturated carbocycles. The maximum atomic E-state index is 2.51. The van der Waals surface area contributed by atoms with Crippen LogP contribution in [0.1, 0.15) is 75.6 Å². The van der Waals surface area contributed by atoms with Gasteiger partial charge in [0, 0.05) is 0 Å². The first kappa shape index (κ1) is 20.9. The van der Waals surface area contributed by atoms with E-state index in [0.717, 1.165) is 12.8 Å². The maximum Gasteiger partial charge on any atom is -0.0136 e. The van der Waals surface area contributed by atoms with Crippen LogP contribution in [0.25, 0.3) is 32.3 Å². The van der Waals surface area contributed by atoms with Gasteiger partial charge in [-0.15, -0.1) is 0 Å². The highest BCUT2D eigenvalue weighted by Gasteiger charge is 2.15. The van der Waals surface area contributed by atoms with Crippen LogP contribution in [0.15, 0.2) is 48.5 Å². The molecule has 4 aromatic rings. The highest BCUT2D eigenvalue weighted by atomic mass is 14.2. The van der Waals surface area contributed by atoms with E-state index in [9.17, 15) is 0 Å². The van der Waals surface area contributed by atoms with Crippen LogP contribution >= 0.6 is 0 Å². The molecular weight excluding hydrogens is 360 g/mol. The van der Waals surface area contributed by atoms with Crippen molar-refractivity contribution in [1.82, 2.24) is 0 Å². The molecule has 0 heteroatoms. The van der Waals surface area contributed by atoms with Crippen LogP contribution in [0.5, 0.6) is 0 Å². The Morgan fingerprint density at radius 2 is 0.867 bits per heavy atom. The van der Waals surface area contributed by atoms with Gasteiger partial charge < -0.3 is 0 Å². The van der Waals surface area contributed by atoms with E-state index in [4.69, 9.17) is 0 Å². The lowest BCUT2D eigenvalue weighted by molar-refractivity contribution is 0.864. The van der Waals surface area contributed by atoms with Crippen LogP contribution in [0.4, 0.5) is 0 Å². The number of rotatable bonds is 8. The molecule has 0 atom stereocenters. The summed E-state index contributed by atoms with van der Waals surface area (Å²) < 4.78 is 0. The van der Waals surface area contributed by atoms with Gasteiger partial charge in [-0.05, 0) is 92.4 Å². The monoisotopic (exact) mass is 396 g/mol. The van der Waals surface area contributed by atoms with Crippen molar-refractivity contribution in [3.63, 3.8) is 0 Å². The van der Waals surface area contributed by atoms with Crippen molar-refractivity contribution >= 4 is 32.3 Å². The Bertz CT molecular complexity index is 1090. The second-order valence-electron chi connectivity index (χ2n) is 8.87. The molecular formula is C30H36. The lowest BCUT2D eigenvalue weighted by Gasteiger charge is -2.18. The molecule has 0 heterocycles. The molecule has 0 aliphatic rings. The number of fused-ring (bicyclic) bond motifs is 3. The third kappa shape index (κ3) is 3.73. The van der Waals surface area contributed by atoms with Crippen molar-refractivity contribution in [1.29, 1.82) is 0 Å². The zero-order valence-electron chi connectivity index (χ0n) is 19.3. The van der Waals surface area contributed by atoms with Crippen LogP contribution in [0.3, 0.4) is 0 Å². The first-order chi connectivity index (χ1) is 14.7. The van der Waals surface area contributed by atoms with E-state index in [-0.39, 0.29) is 0 Å². The summed E-state index contributed by atoms with van der Waals surface area (Å²) in [5, 5.41) is 8.73. The summed E-state index contributed by atoms with van der Waals surface area (Å²) in [6.45, 7) is 9.20. The molecule has 30 heavy (non-hydrogen) atoms. The number of hydrogen-bond donors (Lipinski definition) is 0. The topological polar surface area (TPSA) is 0 Å². The lowest BCUT2D eigenvalue weighted by Crippen LogP contribution is -1.98. The smallest absolute Gasteiger partial charge is 0.0136 e. The first-order valence-electron chi connectivity index (χ1n) is 12.1. The largest absolute Gasteiger partial charge is 0.0651 e. The lowest BCUT2D eigenvalue weighted by atomic mass is 9.86. The number of aryl methyl sites for hydroxylation is 4. The highest BCUT2D eigenvalue weighted by molar-refractivity contribution is 6.10. The summed E-state index contributed by atoms with van der Waals surface area (Å²) in [6, 6.07) is 19.1.